The molecule has 5 heteroatoms. The van der Waals surface area contributed by atoms with Crippen LogP contribution in [0.4, 0.5) is 5.69 Å². The molecule has 0 saturated heterocycles. The van der Waals surface area contributed by atoms with Crippen LogP contribution in [-0.2, 0) is 10.0 Å². The van der Waals surface area contributed by atoms with Gasteiger partial charge in [0.25, 0.3) is 10.0 Å². The first-order valence-electron chi connectivity index (χ1n) is 8.45. The van der Waals surface area contributed by atoms with Crippen LogP contribution < -0.4 is 9.04 Å². The molecule has 0 aromatic heterocycles. The fraction of sp³-hybridized carbons (Fsp3) is 0.400. The molecule has 4 nitrogen and oxygen atoms in total. The number of anilines is 1. The summed E-state index contributed by atoms with van der Waals surface area (Å²) in [6.07, 6.45) is 0. The first-order valence-corrected chi connectivity index (χ1v) is 9.89. The average molecular weight is 359 g/mol. The van der Waals surface area contributed by atoms with Crippen molar-refractivity contribution in [2.45, 2.75) is 45.6 Å². The standard InChI is InChI=1S/C20H25NO3S/c1-14-6-9-16(10-7-14)25(22,23)21-17-12-15(2)8-11-18(17)24-13-19(21)20(3,4)5/h6-12,19H,13H2,1-5H3/t19-/m0/s1. The Morgan fingerprint density at radius 1 is 1.00 bits per heavy atom. The molecule has 1 aliphatic heterocycles. The zero-order valence-corrected chi connectivity index (χ0v) is 16.2. The smallest absolute Gasteiger partial charge is 0.264 e. The first kappa shape index (κ1) is 17.8. The lowest BCUT2D eigenvalue weighted by Gasteiger charge is -2.43. The molecule has 0 bridgehead atoms. The van der Waals surface area contributed by atoms with E-state index in [1.807, 2.05) is 65.0 Å². The van der Waals surface area contributed by atoms with Gasteiger partial charge in [-0.25, -0.2) is 8.42 Å². The molecule has 25 heavy (non-hydrogen) atoms. The third-order valence-corrected chi connectivity index (χ3v) is 6.45. The van der Waals surface area contributed by atoms with Crippen LogP contribution in [0.3, 0.4) is 0 Å². The molecule has 1 atom stereocenters. The normalized spacial score (nSPS) is 17.8. The highest BCUT2D eigenvalue weighted by molar-refractivity contribution is 7.92. The number of benzene rings is 2. The number of ether oxygens (including phenoxy) is 1. The van der Waals surface area contributed by atoms with Gasteiger partial charge in [-0.1, -0.05) is 44.5 Å². The predicted octanol–water partition coefficient (Wildman–Crippen LogP) is 4.31. The zero-order chi connectivity index (χ0) is 18.4. The average Bonchev–Trinajstić information content (AvgIpc) is 2.53. The van der Waals surface area contributed by atoms with Crippen LogP contribution in [0.15, 0.2) is 47.4 Å². The van der Waals surface area contributed by atoms with Gasteiger partial charge in [0.1, 0.15) is 12.4 Å². The van der Waals surface area contributed by atoms with Gasteiger partial charge in [0.05, 0.1) is 16.6 Å². The third-order valence-electron chi connectivity index (χ3n) is 4.61. The molecule has 0 unspecified atom stereocenters. The molecule has 2 aromatic carbocycles. The maximum Gasteiger partial charge on any atom is 0.264 e. The summed E-state index contributed by atoms with van der Waals surface area (Å²) in [5.41, 5.74) is 2.39. The van der Waals surface area contributed by atoms with Crippen LogP contribution in [0.5, 0.6) is 5.75 Å². The maximum atomic E-state index is 13.5. The van der Waals surface area contributed by atoms with E-state index in [2.05, 4.69) is 0 Å². The van der Waals surface area contributed by atoms with Gasteiger partial charge in [-0.05, 0) is 49.1 Å². The van der Waals surface area contributed by atoms with E-state index < -0.39 is 10.0 Å². The van der Waals surface area contributed by atoms with Crippen LogP contribution in [0.1, 0.15) is 31.9 Å². The Hall–Kier alpha value is -2.01. The molecule has 0 saturated carbocycles. The van der Waals surface area contributed by atoms with Crippen LogP contribution in [0.25, 0.3) is 0 Å². The van der Waals surface area contributed by atoms with Gasteiger partial charge < -0.3 is 4.74 Å². The topological polar surface area (TPSA) is 46.6 Å². The lowest BCUT2D eigenvalue weighted by Crippen LogP contribution is -2.53. The summed E-state index contributed by atoms with van der Waals surface area (Å²) in [6, 6.07) is 12.4. The number of aryl methyl sites for hydroxylation is 2. The Bertz CT molecular complexity index is 880. The van der Waals surface area contributed by atoms with Gasteiger partial charge >= 0.3 is 0 Å². The molecule has 0 spiro atoms. The Kier molecular flexibility index (Phi) is 4.31. The van der Waals surface area contributed by atoms with Gasteiger partial charge in [0, 0.05) is 0 Å². The Labute approximate surface area is 150 Å². The highest BCUT2D eigenvalue weighted by Gasteiger charge is 2.42. The van der Waals surface area contributed by atoms with Crippen molar-refractivity contribution in [1.29, 1.82) is 0 Å². The molecule has 2 aromatic rings. The van der Waals surface area contributed by atoms with Crippen molar-refractivity contribution >= 4 is 15.7 Å². The zero-order valence-electron chi connectivity index (χ0n) is 15.4. The van der Waals surface area contributed by atoms with Crippen molar-refractivity contribution in [3.8, 4) is 5.75 Å². The largest absolute Gasteiger partial charge is 0.489 e. The minimum atomic E-state index is -3.69. The van der Waals surface area contributed by atoms with E-state index in [1.54, 1.807) is 16.4 Å². The molecule has 0 aliphatic carbocycles. The van der Waals surface area contributed by atoms with E-state index in [9.17, 15) is 8.42 Å². The Morgan fingerprint density at radius 2 is 1.60 bits per heavy atom. The molecule has 0 N–H and O–H groups in total. The van der Waals surface area contributed by atoms with Gasteiger partial charge in [-0.2, -0.15) is 0 Å². The first-order chi connectivity index (χ1) is 11.6. The summed E-state index contributed by atoms with van der Waals surface area (Å²) in [6.45, 7) is 10.4. The van der Waals surface area contributed by atoms with Crippen molar-refractivity contribution in [1.82, 2.24) is 0 Å². The molecule has 0 radical (unpaired) electrons. The van der Waals surface area contributed by atoms with Crippen LogP contribution in [-0.4, -0.2) is 21.1 Å². The van der Waals surface area contributed by atoms with E-state index in [4.69, 9.17) is 4.74 Å². The van der Waals surface area contributed by atoms with Crippen molar-refractivity contribution < 1.29 is 13.2 Å². The fourth-order valence-electron chi connectivity index (χ4n) is 3.05. The summed E-state index contributed by atoms with van der Waals surface area (Å²) in [5, 5.41) is 0. The van der Waals surface area contributed by atoms with E-state index in [0.717, 1.165) is 11.1 Å². The number of nitrogens with zero attached hydrogens (tertiary/aromatic N) is 1. The number of fused-ring (bicyclic) bond motifs is 1. The molecule has 0 fully saturated rings. The van der Waals surface area contributed by atoms with E-state index >= 15 is 0 Å². The minimum Gasteiger partial charge on any atom is -0.489 e. The van der Waals surface area contributed by atoms with Crippen molar-refractivity contribution in [3.63, 3.8) is 0 Å². The SMILES string of the molecule is Cc1ccc(S(=O)(=O)N2c3cc(C)ccc3OC[C@H]2C(C)(C)C)cc1. The summed E-state index contributed by atoms with van der Waals surface area (Å²) < 4.78 is 34.5. The monoisotopic (exact) mass is 359 g/mol. The summed E-state index contributed by atoms with van der Waals surface area (Å²) in [7, 11) is -3.69. The lowest BCUT2D eigenvalue weighted by molar-refractivity contribution is 0.193. The quantitative estimate of drug-likeness (QED) is 0.803. The number of sulfonamides is 1. The molecule has 0 amide bonds. The minimum absolute atomic E-state index is 0.265. The van der Waals surface area contributed by atoms with Crippen LogP contribution in [0, 0.1) is 19.3 Å². The lowest BCUT2D eigenvalue weighted by atomic mass is 9.86. The summed E-state index contributed by atoms with van der Waals surface area (Å²) in [4.78, 5) is 0.307. The summed E-state index contributed by atoms with van der Waals surface area (Å²) >= 11 is 0. The number of rotatable bonds is 2. The van der Waals surface area contributed by atoms with Crippen LogP contribution in [0.2, 0.25) is 0 Å². The number of hydrogen-bond donors (Lipinski definition) is 0. The third kappa shape index (κ3) is 3.25. The van der Waals surface area contributed by atoms with E-state index in [1.165, 1.54) is 0 Å². The highest BCUT2D eigenvalue weighted by atomic mass is 32.2. The van der Waals surface area contributed by atoms with E-state index in [0.29, 0.717) is 22.9 Å². The second-order valence-electron chi connectivity index (χ2n) is 7.78. The second kappa shape index (κ2) is 6.06. The van der Waals surface area contributed by atoms with Gasteiger partial charge in [0.2, 0.25) is 0 Å². The molecule has 1 aliphatic rings. The van der Waals surface area contributed by atoms with Crippen LogP contribution >= 0.6 is 0 Å². The summed E-state index contributed by atoms with van der Waals surface area (Å²) in [5.74, 6) is 0.613. The Morgan fingerprint density at radius 3 is 2.20 bits per heavy atom. The Balaban J connectivity index is 2.21. The van der Waals surface area contributed by atoms with Gasteiger partial charge in [-0.15, -0.1) is 0 Å². The van der Waals surface area contributed by atoms with Crippen molar-refractivity contribution in [2.24, 2.45) is 5.41 Å². The van der Waals surface area contributed by atoms with E-state index in [-0.39, 0.29) is 11.5 Å². The molecule has 1 heterocycles. The highest BCUT2D eigenvalue weighted by Crippen LogP contribution is 2.42. The molecular weight excluding hydrogens is 334 g/mol. The number of hydrogen-bond acceptors (Lipinski definition) is 3. The molecule has 3 rings (SSSR count). The predicted molar refractivity (Wildman–Crippen MR) is 101 cm³/mol. The van der Waals surface area contributed by atoms with Gasteiger partial charge in [-0.3, -0.25) is 4.31 Å². The maximum absolute atomic E-state index is 13.5. The molecular formula is C20H25NO3S. The fourth-order valence-corrected chi connectivity index (χ4v) is 4.87. The second-order valence-corrected chi connectivity index (χ2v) is 9.59. The van der Waals surface area contributed by atoms with Crippen molar-refractivity contribution in [2.75, 3.05) is 10.9 Å². The van der Waals surface area contributed by atoms with Gasteiger partial charge in [0.15, 0.2) is 0 Å². The van der Waals surface area contributed by atoms with Crippen molar-refractivity contribution in [3.05, 3.63) is 53.6 Å². The molecule has 134 valence electrons.